The number of carbonyl (C=O) groups excluding carboxylic acids is 1. The maximum absolute atomic E-state index is 13.3. The first-order valence-corrected chi connectivity index (χ1v) is 11.1. The highest BCUT2D eigenvalue weighted by molar-refractivity contribution is 5.97. The van der Waals surface area contributed by atoms with E-state index in [-0.39, 0.29) is 5.91 Å². The Kier molecular flexibility index (Phi) is 7.62. The molecular formula is C29H25N3O3. The van der Waals surface area contributed by atoms with E-state index in [0.717, 1.165) is 5.56 Å². The van der Waals surface area contributed by atoms with Crippen LogP contribution in [0.1, 0.15) is 22.7 Å². The average Bonchev–Trinajstić information content (AvgIpc) is 2.92. The van der Waals surface area contributed by atoms with Crippen molar-refractivity contribution >= 4 is 17.3 Å². The minimum Gasteiger partial charge on any atom is -0.493 e. The van der Waals surface area contributed by atoms with Crippen LogP contribution in [0.15, 0.2) is 103 Å². The lowest BCUT2D eigenvalue weighted by Gasteiger charge is -2.21. The molecule has 174 valence electrons. The zero-order valence-electron chi connectivity index (χ0n) is 19.3. The Morgan fingerprint density at radius 3 is 2.20 bits per heavy atom. The highest BCUT2D eigenvalue weighted by Crippen LogP contribution is 2.33. The van der Waals surface area contributed by atoms with E-state index in [0.29, 0.717) is 40.6 Å². The molecule has 6 nitrogen and oxygen atoms in total. The molecule has 35 heavy (non-hydrogen) atoms. The molecule has 2 N–H and O–H groups in total. The van der Waals surface area contributed by atoms with Gasteiger partial charge in [-0.3, -0.25) is 4.79 Å². The molecule has 0 aliphatic heterocycles. The van der Waals surface area contributed by atoms with Gasteiger partial charge < -0.3 is 20.1 Å². The molecule has 4 rings (SSSR count). The van der Waals surface area contributed by atoms with E-state index < -0.39 is 6.04 Å². The predicted octanol–water partition coefficient (Wildman–Crippen LogP) is 5.94. The summed E-state index contributed by atoms with van der Waals surface area (Å²) in [6.07, 6.45) is 0. The molecule has 4 aromatic carbocycles. The summed E-state index contributed by atoms with van der Waals surface area (Å²) in [5.41, 5.74) is 3.69. The van der Waals surface area contributed by atoms with Crippen molar-refractivity contribution in [2.45, 2.75) is 12.6 Å². The number of anilines is 2. The third-order valence-corrected chi connectivity index (χ3v) is 5.39. The molecule has 0 unspecified atom stereocenters. The number of nitrogens with zero attached hydrogens (tertiary/aromatic N) is 1. The van der Waals surface area contributed by atoms with Crippen molar-refractivity contribution in [1.82, 2.24) is 0 Å². The minimum atomic E-state index is -0.722. The quantitative estimate of drug-likeness (QED) is 0.321. The maximum Gasteiger partial charge on any atom is 0.251 e. The predicted molar refractivity (Wildman–Crippen MR) is 136 cm³/mol. The van der Waals surface area contributed by atoms with Gasteiger partial charge in [-0.05, 0) is 59.7 Å². The summed E-state index contributed by atoms with van der Waals surface area (Å²) in [6.45, 7) is 0.401. The summed E-state index contributed by atoms with van der Waals surface area (Å²) in [6, 6.07) is 32.9. The Morgan fingerprint density at radius 1 is 0.857 bits per heavy atom. The van der Waals surface area contributed by atoms with E-state index in [4.69, 9.17) is 14.7 Å². The molecule has 1 atom stereocenters. The van der Waals surface area contributed by atoms with Crippen molar-refractivity contribution in [3.8, 4) is 17.6 Å². The first-order chi connectivity index (χ1) is 17.2. The maximum atomic E-state index is 13.3. The molecule has 4 aromatic rings. The molecule has 0 radical (unpaired) electrons. The molecule has 0 aromatic heterocycles. The first kappa shape index (κ1) is 23.4. The van der Waals surface area contributed by atoms with Crippen molar-refractivity contribution in [3.05, 3.63) is 120 Å². The molecule has 6 heteroatoms. The van der Waals surface area contributed by atoms with Crippen molar-refractivity contribution in [1.29, 1.82) is 5.26 Å². The molecule has 0 bridgehead atoms. The van der Waals surface area contributed by atoms with E-state index in [9.17, 15) is 4.79 Å². The topological polar surface area (TPSA) is 83.4 Å². The minimum absolute atomic E-state index is 0.236. The highest BCUT2D eigenvalue weighted by Gasteiger charge is 2.23. The molecule has 0 saturated carbocycles. The molecular weight excluding hydrogens is 438 g/mol. The van der Waals surface area contributed by atoms with Gasteiger partial charge in [-0.25, -0.2) is 0 Å². The van der Waals surface area contributed by atoms with Gasteiger partial charge in [-0.1, -0.05) is 54.6 Å². The molecule has 0 aliphatic rings. The van der Waals surface area contributed by atoms with Gasteiger partial charge in [-0.15, -0.1) is 0 Å². The van der Waals surface area contributed by atoms with Gasteiger partial charge >= 0.3 is 0 Å². The van der Waals surface area contributed by atoms with E-state index in [2.05, 4.69) is 16.7 Å². The van der Waals surface area contributed by atoms with Crippen molar-refractivity contribution < 1.29 is 14.3 Å². The third-order valence-electron chi connectivity index (χ3n) is 5.39. The summed E-state index contributed by atoms with van der Waals surface area (Å²) in [4.78, 5) is 13.3. The fourth-order valence-electron chi connectivity index (χ4n) is 3.56. The Labute approximate surface area is 204 Å². The summed E-state index contributed by atoms with van der Waals surface area (Å²) < 4.78 is 11.6. The molecule has 0 fully saturated rings. The van der Waals surface area contributed by atoms with Gasteiger partial charge in [0.1, 0.15) is 12.6 Å². The Morgan fingerprint density at radius 2 is 1.54 bits per heavy atom. The largest absolute Gasteiger partial charge is 0.493 e. The Bertz CT molecular complexity index is 1300. The number of benzene rings is 4. The van der Waals surface area contributed by atoms with Crippen LogP contribution in [0.4, 0.5) is 11.4 Å². The van der Waals surface area contributed by atoms with Gasteiger partial charge in [0.05, 0.1) is 18.7 Å². The summed E-state index contributed by atoms with van der Waals surface area (Å²) in [7, 11) is 1.57. The molecule has 0 heterocycles. The van der Waals surface area contributed by atoms with Gasteiger partial charge in [0, 0.05) is 11.4 Å². The normalized spacial score (nSPS) is 11.1. The van der Waals surface area contributed by atoms with Crippen molar-refractivity contribution in [2.24, 2.45) is 0 Å². The van der Waals surface area contributed by atoms with Crippen LogP contribution >= 0.6 is 0 Å². The second-order valence-electron chi connectivity index (χ2n) is 7.81. The summed E-state index contributed by atoms with van der Waals surface area (Å²) in [5, 5.41) is 15.3. The highest BCUT2D eigenvalue weighted by atomic mass is 16.5. The van der Waals surface area contributed by atoms with Gasteiger partial charge in [-0.2, -0.15) is 5.26 Å². The van der Waals surface area contributed by atoms with Crippen LogP contribution in [0.25, 0.3) is 0 Å². The van der Waals surface area contributed by atoms with Gasteiger partial charge in [0.2, 0.25) is 0 Å². The van der Waals surface area contributed by atoms with Crippen LogP contribution < -0.4 is 20.1 Å². The van der Waals surface area contributed by atoms with Crippen LogP contribution in [0.2, 0.25) is 0 Å². The lowest BCUT2D eigenvalue weighted by atomic mass is 10.0. The van der Waals surface area contributed by atoms with E-state index in [1.54, 1.807) is 43.5 Å². The number of hydrogen-bond donors (Lipinski definition) is 2. The smallest absolute Gasteiger partial charge is 0.251 e. The summed E-state index contributed by atoms with van der Waals surface area (Å²) >= 11 is 0. The summed E-state index contributed by atoms with van der Waals surface area (Å²) in [5.74, 6) is 0.874. The molecule has 0 spiro atoms. The zero-order valence-corrected chi connectivity index (χ0v) is 19.3. The van der Waals surface area contributed by atoms with Crippen LogP contribution in [0, 0.1) is 11.3 Å². The number of nitriles is 1. The van der Waals surface area contributed by atoms with Crippen LogP contribution in [-0.2, 0) is 11.4 Å². The van der Waals surface area contributed by atoms with Crippen molar-refractivity contribution in [3.63, 3.8) is 0 Å². The number of amides is 1. The third kappa shape index (κ3) is 6.18. The van der Waals surface area contributed by atoms with Crippen LogP contribution in [0.3, 0.4) is 0 Å². The average molecular weight is 464 g/mol. The fourth-order valence-corrected chi connectivity index (χ4v) is 3.56. The Hall–Kier alpha value is -4.76. The number of para-hydroxylation sites is 1. The number of hydrogen-bond acceptors (Lipinski definition) is 5. The number of nitrogens with one attached hydrogen (secondary N) is 2. The SMILES string of the molecule is COc1cc([C@H](Nc2ccc(C#N)cc2)C(=O)Nc2ccccc2)ccc1OCc1ccccc1. The number of carbonyl (C=O) groups is 1. The van der Waals surface area contributed by atoms with Gasteiger partial charge in [0.25, 0.3) is 5.91 Å². The number of methoxy groups -OCH3 is 1. The van der Waals surface area contributed by atoms with E-state index in [1.165, 1.54) is 0 Å². The van der Waals surface area contributed by atoms with Crippen LogP contribution in [-0.4, -0.2) is 13.0 Å². The van der Waals surface area contributed by atoms with Crippen molar-refractivity contribution in [2.75, 3.05) is 17.7 Å². The van der Waals surface area contributed by atoms with Crippen LogP contribution in [0.5, 0.6) is 11.5 Å². The molecule has 0 aliphatic carbocycles. The fraction of sp³-hybridized carbons (Fsp3) is 0.103. The second kappa shape index (κ2) is 11.4. The zero-order chi connectivity index (χ0) is 24.5. The van der Waals surface area contributed by atoms with E-state index >= 15 is 0 Å². The Balaban J connectivity index is 1.60. The lowest BCUT2D eigenvalue weighted by molar-refractivity contribution is -0.117. The number of rotatable bonds is 9. The molecule has 1 amide bonds. The van der Waals surface area contributed by atoms with E-state index in [1.807, 2.05) is 66.7 Å². The lowest BCUT2D eigenvalue weighted by Crippen LogP contribution is -2.27. The molecule has 0 saturated heterocycles. The second-order valence-corrected chi connectivity index (χ2v) is 7.81. The monoisotopic (exact) mass is 463 g/mol. The number of ether oxygens (including phenoxy) is 2. The first-order valence-electron chi connectivity index (χ1n) is 11.1. The standard InChI is InChI=1S/C29H25N3O3/c1-34-27-18-23(14-17-26(27)35-20-22-8-4-2-5-9-22)28(29(33)32-24-10-6-3-7-11-24)31-25-15-12-21(19-30)13-16-25/h2-18,28,31H,20H2,1H3,(H,32,33)/t28-/m0/s1. The van der Waals surface area contributed by atoms with Gasteiger partial charge in [0.15, 0.2) is 11.5 Å².